The van der Waals surface area contributed by atoms with E-state index in [1.807, 2.05) is 0 Å². The largest absolute Gasteiger partial charge is 0.462 e. The molecular weight excluding hydrogens is 503 g/mol. The number of urea groups is 1. The Morgan fingerprint density at radius 1 is 1.05 bits per heavy atom. The van der Waals surface area contributed by atoms with Crippen molar-refractivity contribution in [2.45, 2.75) is 19.9 Å². The lowest BCUT2D eigenvalue weighted by atomic mass is 10.1. The number of benzene rings is 3. The first-order valence-electron chi connectivity index (χ1n) is 12.5. The maximum absolute atomic E-state index is 15.0. The van der Waals surface area contributed by atoms with Gasteiger partial charge >= 0.3 is 12.0 Å². The van der Waals surface area contributed by atoms with Gasteiger partial charge < -0.3 is 19.7 Å². The van der Waals surface area contributed by atoms with Crippen LogP contribution in [-0.2, 0) is 9.47 Å². The molecule has 0 aliphatic heterocycles. The number of rotatable bonds is 9. The maximum Gasteiger partial charge on any atom is 0.338 e. The minimum Gasteiger partial charge on any atom is -0.462 e. The molecule has 1 atom stereocenters. The van der Waals surface area contributed by atoms with Crippen LogP contribution in [0.4, 0.5) is 14.9 Å². The Bertz CT molecular complexity index is 1540. The summed E-state index contributed by atoms with van der Waals surface area (Å²) >= 11 is 0. The number of anilines is 1. The van der Waals surface area contributed by atoms with Gasteiger partial charge in [0.25, 0.3) is 5.56 Å². The van der Waals surface area contributed by atoms with E-state index in [0.29, 0.717) is 22.2 Å². The summed E-state index contributed by atoms with van der Waals surface area (Å²) in [6, 6.07) is 17.7. The van der Waals surface area contributed by atoms with Crippen molar-refractivity contribution in [1.82, 2.24) is 14.5 Å². The monoisotopic (exact) mass is 532 g/mol. The predicted octanol–water partition coefficient (Wildman–Crippen LogP) is 4.94. The number of aromatic nitrogens is 2. The molecule has 0 saturated carbocycles. The van der Waals surface area contributed by atoms with Crippen LogP contribution < -0.4 is 10.9 Å². The van der Waals surface area contributed by atoms with Gasteiger partial charge in [0.2, 0.25) is 0 Å². The number of esters is 1. The Kier molecular flexibility index (Phi) is 8.67. The van der Waals surface area contributed by atoms with Crippen molar-refractivity contribution in [2.75, 3.05) is 32.2 Å². The molecule has 9 nitrogen and oxygen atoms in total. The van der Waals surface area contributed by atoms with Gasteiger partial charge in [-0.2, -0.15) is 0 Å². The SMILES string of the molecule is CCOC(=O)c1ccc(NC(=O)N(CCOC)C(C)c2nc3ccccc3c(=O)n2-c2ccccc2F)cc1. The summed E-state index contributed by atoms with van der Waals surface area (Å²) in [5, 5.41) is 3.14. The molecule has 0 spiro atoms. The van der Waals surface area contributed by atoms with E-state index in [1.165, 1.54) is 34.8 Å². The van der Waals surface area contributed by atoms with E-state index in [1.54, 1.807) is 68.4 Å². The third-order valence-corrected chi connectivity index (χ3v) is 6.18. The van der Waals surface area contributed by atoms with Crippen LogP contribution in [0.2, 0.25) is 0 Å². The molecule has 1 heterocycles. The molecule has 0 fully saturated rings. The zero-order valence-corrected chi connectivity index (χ0v) is 21.9. The topological polar surface area (TPSA) is 103 Å². The summed E-state index contributed by atoms with van der Waals surface area (Å²) in [7, 11) is 1.51. The number of carbonyl (C=O) groups excluding carboxylic acids is 2. The summed E-state index contributed by atoms with van der Waals surface area (Å²) < 4.78 is 26.4. The van der Waals surface area contributed by atoms with E-state index < -0.39 is 29.4 Å². The third-order valence-electron chi connectivity index (χ3n) is 6.18. The lowest BCUT2D eigenvalue weighted by Crippen LogP contribution is -2.41. The molecule has 0 bridgehead atoms. The van der Waals surface area contributed by atoms with Crippen molar-refractivity contribution in [3.8, 4) is 5.69 Å². The Balaban J connectivity index is 1.74. The number of carbonyl (C=O) groups is 2. The number of fused-ring (bicyclic) bond motifs is 1. The number of ether oxygens (including phenoxy) is 2. The van der Waals surface area contributed by atoms with Crippen molar-refractivity contribution in [3.63, 3.8) is 0 Å². The second-order valence-corrected chi connectivity index (χ2v) is 8.67. The number of hydrogen-bond acceptors (Lipinski definition) is 6. The lowest BCUT2D eigenvalue weighted by molar-refractivity contribution is 0.0526. The van der Waals surface area contributed by atoms with E-state index in [0.717, 1.165) is 0 Å². The van der Waals surface area contributed by atoms with Crippen LogP contribution in [0.15, 0.2) is 77.6 Å². The van der Waals surface area contributed by atoms with Gasteiger partial charge in [0, 0.05) is 19.3 Å². The molecule has 1 aromatic heterocycles. The van der Waals surface area contributed by atoms with Crippen LogP contribution in [0.25, 0.3) is 16.6 Å². The van der Waals surface area contributed by atoms with Crippen molar-refractivity contribution in [1.29, 1.82) is 0 Å². The highest BCUT2D eigenvalue weighted by Crippen LogP contribution is 2.25. The molecule has 2 amide bonds. The third kappa shape index (κ3) is 5.96. The Morgan fingerprint density at radius 3 is 2.44 bits per heavy atom. The van der Waals surface area contributed by atoms with Crippen molar-refractivity contribution < 1.29 is 23.5 Å². The van der Waals surface area contributed by atoms with Gasteiger partial charge in [0.15, 0.2) is 0 Å². The van der Waals surface area contributed by atoms with E-state index in [-0.39, 0.29) is 31.3 Å². The molecule has 4 aromatic rings. The fraction of sp³-hybridized carbons (Fsp3) is 0.241. The van der Waals surface area contributed by atoms with E-state index in [2.05, 4.69) is 5.32 Å². The van der Waals surface area contributed by atoms with Crippen molar-refractivity contribution in [2.24, 2.45) is 0 Å². The standard InChI is InChI=1S/C29H29FN4O5/c1-4-39-28(36)20-13-15-21(16-14-20)31-29(37)33(17-18-38-3)19(2)26-32-24-11-7-5-9-22(24)27(35)34(26)25-12-8-6-10-23(25)30/h5-16,19H,4,17-18H2,1-3H3,(H,31,37). The molecular formula is C29H29FN4O5. The zero-order chi connectivity index (χ0) is 27.9. The molecule has 4 rings (SSSR count). The van der Waals surface area contributed by atoms with Crippen LogP contribution in [0.3, 0.4) is 0 Å². The number of nitrogens with zero attached hydrogens (tertiary/aromatic N) is 3. The highest BCUT2D eigenvalue weighted by Gasteiger charge is 2.27. The molecule has 39 heavy (non-hydrogen) atoms. The van der Waals surface area contributed by atoms with Gasteiger partial charge in [-0.15, -0.1) is 0 Å². The summed E-state index contributed by atoms with van der Waals surface area (Å²) in [5.74, 6) is -0.869. The lowest BCUT2D eigenvalue weighted by Gasteiger charge is -2.30. The summed E-state index contributed by atoms with van der Waals surface area (Å²) in [5.41, 5.74) is 0.811. The molecule has 0 aliphatic rings. The number of para-hydroxylation sites is 2. The molecule has 202 valence electrons. The second kappa shape index (κ2) is 12.3. The van der Waals surface area contributed by atoms with Crippen LogP contribution in [0.5, 0.6) is 0 Å². The molecule has 0 radical (unpaired) electrons. The second-order valence-electron chi connectivity index (χ2n) is 8.67. The van der Waals surface area contributed by atoms with Gasteiger partial charge in [-0.25, -0.2) is 19.0 Å². The molecule has 10 heteroatoms. The molecule has 0 aliphatic carbocycles. The molecule has 3 aromatic carbocycles. The summed E-state index contributed by atoms with van der Waals surface area (Å²) in [6.45, 7) is 4.05. The summed E-state index contributed by atoms with van der Waals surface area (Å²) in [4.78, 5) is 45.2. The van der Waals surface area contributed by atoms with E-state index in [9.17, 15) is 18.8 Å². The molecule has 1 unspecified atom stereocenters. The van der Waals surface area contributed by atoms with Crippen LogP contribution >= 0.6 is 0 Å². The van der Waals surface area contributed by atoms with Gasteiger partial charge in [0.1, 0.15) is 11.6 Å². The van der Waals surface area contributed by atoms with Gasteiger partial charge in [-0.1, -0.05) is 24.3 Å². The first-order chi connectivity index (χ1) is 18.8. The smallest absolute Gasteiger partial charge is 0.338 e. The number of amides is 2. The minimum absolute atomic E-state index is 0.0317. The predicted molar refractivity (Wildman–Crippen MR) is 146 cm³/mol. The maximum atomic E-state index is 15.0. The van der Waals surface area contributed by atoms with Gasteiger partial charge in [-0.05, 0) is 62.4 Å². The average molecular weight is 533 g/mol. The number of halogens is 1. The fourth-order valence-electron chi connectivity index (χ4n) is 4.20. The number of hydrogen-bond donors (Lipinski definition) is 1. The minimum atomic E-state index is -0.768. The van der Waals surface area contributed by atoms with Gasteiger partial charge in [0.05, 0.1) is 41.4 Å². The van der Waals surface area contributed by atoms with E-state index >= 15 is 0 Å². The fourth-order valence-corrected chi connectivity index (χ4v) is 4.20. The molecule has 0 saturated heterocycles. The van der Waals surface area contributed by atoms with E-state index in [4.69, 9.17) is 14.5 Å². The van der Waals surface area contributed by atoms with Crippen LogP contribution in [0.1, 0.15) is 36.1 Å². The number of nitrogens with one attached hydrogen (secondary N) is 1. The Morgan fingerprint density at radius 2 is 1.74 bits per heavy atom. The normalized spacial score (nSPS) is 11.7. The van der Waals surface area contributed by atoms with Gasteiger partial charge in [-0.3, -0.25) is 9.36 Å². The summed E-state index contributed by atoms with van der Waals surface area (Å²) in [6.07, 6.45) is 0. The van der Waals surface area contributed by atoms with Crippen LogP contribution in [-0.4, -0.2) is 53.3 Å². The number of methoxy groups -OCH3 is 1. The first-order valence-corrected chi connectivity index (χ1v) is 12.5. The Labute approximate surface area is 224 Å². The first kappa shape index (κ1) is 27.5. The highest BCUT2D eigenvalue weighted by atomic mass is 19.1. The Hall–Kier alpha value is -4.57. The highest BCUT2D eigenvalue weighted by molar-refractivity contribution is 5.92. The zero-order valence-electron chi connectivity index (χ0n) is 21.9. The molecule has 1 N–H and O–H groups in total. The van der Waals surface area contributed by atoms with Crippen molar-refractivity contribution >= 4 is 28.6 Å². The van der Waals surface area contributed by atoms with Crippen LogP contribution in [0, 0.1) is 5.82 Å². The average Bonchev–Trinajstić information content (AvgIpc) is 2.94. The quantitative estimate of drug-likeness (QED) is 0.306. The van der Waals surface area contributed by atoms with Crippen molar-refractivity contribution in [3.05, 3.63) is 100 Å².